The van der Waals surface area contributed by atoms with Crippen molar-refractivity contribution in [2.24, 2.45) is 0 Å². The minimum Gasteiger partial charge on any atom is -0.793 e. The Morgan fingerprint density at radius 2 is 1.00 bits per heavy atom. The van der Waals surface area contributed by atoms with Crippen LogP contribution in [0.4, 0.5) is 30.7 Å². The summed E-state index contributed by atoms with van der Waals surface area (Å²) in [6.45, 7) is 0. The second-order valence-corrected chi connectivity index (χ2v) is 1.59. The summed E-state index contributed by atoms with van der Waals surface area (Å²) in [5.74, 6) is -6.51. The predicted molar refractivity (Wildman–Crippen MR) is 15.9 cm³/mol. The van der Waals surface area contributed by atoms with E-state index in [-0.39, 0.29) is 18.9 Å². The third-order valence-corrected chi connectivity index (χ3v) is 0.722. The van der Waals surface area contributed by atoms with E-state index in [0.717, 1.165) is 0 Å². The Bertz CT molecular complexity index is 130. The van der Waals surface area contributed by atoms with Crippen LogP contribution in [-0.4, -0.2) is 18.2 Å². The summed E-state index contributed by atoms with van der Waals surface area (Å²) >= 11 is 0. The van der Waals surface area contributed by atoms with E-state index in [9.17, 15) is 30.7 Å². The van der Waals surface area contributed by atoms with Crippen molar-refractivity contribution in [1.29, 1.82) is 0 Å². The van der Waals surface area contributed by atoms with Gasteiger partial charge in [-0.3, -0.25) is 0 Å². The topological polar surface area (TPSA) is 23.1 Å². The standard InChI is InChI=1S/C3F7O.Li/c4-1(5,2(6,7)8)3(9,10)11;/q-1;+1. The first-order valence-electron chi connectivity index (χ1n) is 2.03. The zero-order valence-electron chi connectivity index (χ0n) is 5.55. The normalized spacial score (nSPS) is 14.0. The molecule has 0 aliphatic heterocycles. The summed E-state index contributed by atoms with van der Waals surface area (Å²) in [5, 5.41) is 8.97. The van der Waals surface area contributed by atoms with Gasteiger partial charge >= 0.3 is 31.0 Å². The van der Waals surface area contributed by atoms with Crippen LogP contribution in [0.2, 0.25) is 0 Å². The van der Waals surface area contributed by atoms with Gasteiger partial charge in [-0.15, -0.1) is 0 Å². The summed E-state index contributed by atoms with van der Waals surface area (Å²) < 4.78 is 77.1. The Balaban J connectivity index is 0. The van der Waals surface area contributed by atoms with E-state index in [4.69, 9.17) is 5.11 Å². The van der Waals surface area contributed by atoms with Crippen molar-refractivity contribution in [3.05, 3.63) is 0 Å². The van der Waals surface area contributed by atoms with Gasteiger partial charge in [-0.05, 0) is 0 Å². The molecule has 0 bridgehead atoms. The molecule has 0 unspecified atom stereocenters. The fraction of sp³-hybridized carbons (Fsp3) is 1.00. The van der Waals surface area contributed by atoms with E-state index in [2.05, 4.69) is 0 Å². The molecule has 12 heavy (non-hydrogen) atoms. The first-order chi connectivity index (χ1) is 4.50. The largest absolute Gasteiger partial charge is 1.00 e. The molecule has 0 radical (unpaired) electrons. The maximum atomic E-state index is 11.2. The molecule has 0 aromatic heterocycles. The Hall–Kier alpha value is 0.0674. The van der Waals surface area contributed by atoms with Gasteiger partial charge in [0.15, 0.2) is 0 Å². The first-order valence-corrected chi connectivity index (χ1v) is 2.03. The van der Waals surface area contributed by atoms with Crippen LogP contribution < -0.4 is 24.0 Å². The third-order valence-electron chi connectivity index (χ3n) is 0.722. The van der Waals surface area contributed by atoms with Crippen LogP contribution >= 0.6 is 0 Å². The molecule has 0 heterocycles. The Morgan fingerprint density at radius 1 is 0.750 bits per heavy atom. The fourth-order valence-corrected chi connectivity index (χ4v) is 0.165. The zero-order chi connectivity index (χ0) is 9.50. The molecule has 0 aliphatic rings. The van der Waals surface area contributed by atoms with Crippen LogP contribution in [0, 0.1) is 0 Å². The molecule has 0 saturated heterocycles. The van der Waals surface area contributed by atoms with Crippen molar-refractivity contribution < 1.29 is 54.7 Å². The molecule has 0 saturated carbocycles. The van der Waals surface area contributed by atoms with Gasteiger partial charge in [-0.25, -0.2) is 8.78 Å². The number of rotatable bonds is 1. The molecule has 0 aromatic rings. The fourth-order valence-electron chi connectivity index (χ4n) is 0.165. The molecule has 1 nitrogen and oxygen atoms in total. The molecule has 0 aromatic carbocycles. The Kier molecular flexibility index (Phi) is 4.18. The summed E-state index contributed by atoms with van der Waals surface area (Å²) in [6.07, 6.45) is -12.8. The Morgan fingerprint density at radius 3 is 1.00 bits per heavy atom. The molecule has 0 rings (SSSR count). The van der Waals surface area contributed by atoms with Crippen LogP contribution in [-0.2, 0) is 0 Å². The van der Waals surface area contributed by atoms with E-state index in [0.29, 0.717) is 0 Å². The quantitative estimate of drug-likeness (QED) is 0.353. The summed E-state index contributed by atoms with van der Waals surface area (Å²) in [7, 11) is 0. The average Bonchev–Trinajstić information content (AvgIpc) is 1.58. The SMILES string of the molecule is [Li+].[O-]C(F)(F)C(F)(F)C(F)(F)F. The van der Waals surface area contributed by atoms with Crippen molar-refractivity contribution in [2.75, 3.05) is 0 Å². The van der Waals surface area contributed by atoms with Gasteiger partial charge in [0.25, 0.3) is 6.11 Å². The summed E-state index contributed by atoms with van der Waals surface area (Å²) in [5.41, 5.74) is 0. The van der Waals surface area contributed by atoms with Crippen molar-refractivity contribution in [3.8, 4) is 0 Å². The summed E-state index contributed by atoms with van der Waals surface area (Å²) in [4.78, 5) is 0. The Labute approximate surface area is 73.7 Å². The van der Waals surface area contributed by atoms with E-state index in [1.807, 2.05) is 0 Å². The molecule has 0 atom stereocenters. The molecule has 9 heteroatoms. The maximum absolute atomic E-state index is 11.2. The minimum atomic E-state index is -6.52. The van der Waals surface area contributed by atoms with E-state index in [1.54, 1.807) is 0 Å². The van der Waals surface area contributed by atoms with Crippen LogP contribution in [0.25, 0.3) is 0 Å². The molecule has 0 N–H and O–H groups in total. The van der Waals surface area contributed by atoms with Gasteiger partial charge in [-0.1, -0.05) is 0 Å². The average molecular weight is 192 g/mol. The van der Waals surface area contributed by atoms with E-state index < -0.39 is 18.2 Å². The van der Waals surface area contributed by atoms with Crippen LogP contribution in [0.5, 0.6) is 0 Å². The number of alkyl halides is 7. The van der Waals surface area contributed by atoms with Crippen molar-refractivity contribution >= 4 is 0 Å². The number of hydrogen-bond acceptors (Lipinski definition) is 1. The van der Waals surface area contributed by atoms with Crippen molar-refractivity contribution in [1.82, 2.24) is 0 Å². The third kappa shape index (κ3) is 2.54. The first kappa shape index (κ1) is 14.6. The van der Waals surface area contributed by atoms with Crippen molar-refractivity contribution in [2.45, 2.75) is 18.2 Å². The second kappa shape index (κ2) is 3.44. The van der Waals surface area contributed by atoms with Gasteiger partial charge in [0.1, 0.15) is 0 Å². The van der Waals surface area contributed by atoms with E-state index >= 15 is 0 Å². The van der Waals surface area contributed by atoms with Gasteiger partial charge in [0.2, 0.25) is 0 Å². The molecule has 0 spiro atoms. The minimum absolute atomic E-state index is 0. The van der Waals surface area contributed by atoms with Crippen molar-refractivity contribution in [3.63, 3.8) is 0 Å². The van der Waals surface area contributed by atoms with Gasteiger partial charge in [0, 0.05) is 0 Å². The van der Waals surface area contributed by atoms with Crippen LogP contribution in [0.1, 0.15) is 0 Å². The predicted octanol–water partition coefficient (Wildman–Crippen LogP) is -1.86. The van der Waals surface area contributed by atoms with Gasteiger partial charge in [-0.2, -0.15) is 22.0 Å². The second-order valence-electron chi connectivity index (χ2n) is 1.59. The molecular weight excluding hydrogens is 192 g/mol. The van der Waals surface area contributed by atoms with Gasteiger partial charge < -0.3 is 5.11 Å². The maximum Gasteiger partial charge on any atom is 1.00 e. The molecule has 0 aliphatic carbocycles. The molecular formula is C3F7LiO. The molecule has 68 valence electrons. The van der Waals surface area contributed by atoms with Gasteiger partial charge in [0.05, 0.1) is 0 Å². The zero-order valence-corrected chi connectivity index (χ0v) is 5.55. The number of halogens is 7. The number of hydrogen-bond donors (Lipinski definition) is 0. The van der Waals surface area contributed by atoms with E-state index in [1.165, 1.54) is 0 Å². The monoisotopic (exact) mass is 192 g/mol. The molecule has 0 amide bonds. The smallest absolute Gasteiger partial charge is 0.793 e. The van der Waals surface area contributed by atoms with Crippen LogP contribution in [0.15, 0.2) is 0 Å². The summed E-state index contributed by atoms with van der Waals surface area (Å²) in [6, 6.07) is 0. The van der Waals surface area contributed by atoms with Crippen LogP contribution in [0.3, 0.4) is 0 Å². The molecule has 0 fully saturated rings.